The maximum atomic E-state index is 12.8. The van der Waals surface area contributed by atoms with E-state index in [-0.39, 0.29) is 9.92 Å². The first kappa shape index (κ1) is 18.2. The average molecular weight is 381 g/mol. The van der Waals surface area contributed by atoms with Gasteiger partial charge in [-0.25, -0.2) is 8.42 Å². The summed E-state index contributed by atoms with van der Waals surface area (Å²) < 4.78 is 32.2. The molecule has 0 aliphatic carbocycles. The smallest absolute Gasteiger partial charge is 0.244 e. The van der Waals surface area contributed by atoms with Crippen LogP contribution < -0.4 is 4.74 Å². The third-order valence-corrected chi connectivity index (χ3v) is 6.75. The minimum atomic E-state index is -3.54. The molecule has 0 unspecified atom stereocenters. The maximum Gasteiger partial charge on any atom is 0.244 e. The zero-order chi connectivity index (χ0) is 17.9. The van der Waals surface area contributed by atoms with Crippen molar-refractivity contribution in [3.63, 3.8) is 0 Å². The fourth-order valence-electron chi connectivity index (χ4n) is 2.91. The van der Waals surface area contributed by atoms with E-state index < -0.39 is 10.0 Å². The molecule has 0 aromatic heterocycles. The number of benzene rings is 2. The highest BCUT2D eigenvalue weighted by Gasteiger charge is 2.29. The van der Waals surface area contributed by atoms with Crippen LogP contribution in [0.1, 0.15) is 5.56 Å². The Morgan fingerprint density at radius 1 is 1.00 bits per heavy atom. The van der Waals surface area contributed by atoms with E-state index in [2.05, 4.69) is 4.90 Å². The molecule has 2 aromatic carbocycles. The summed E-state index contributed by atoms with van der Waals surface area (Å²) in [4.78, 5) is 2.43. The first-order chi connectivity index (χ1) is 12.0. The van der Waals surface area contributed by atoms with Gasteiger partial charge >= 0.3 is 0 Å². The number of rotatable bonds is 5. The number of ether oxygens (including phenoxy) is 1. The van der Waals surface area contributed by atoms with Crippen molar-refractivity contribution < 1.29 is 13.2 Å². The van der Waals surface area contributed by atoms with Crippen molar-refractivity contribution in [2.75, 3.05) is 33.3 Å². The number of piperazine rings is 1. The number of hydrogen-bond donors (Lipinski definition) is 0. The van der Waals surface area contributed by atoms with Crippen molar-refractivity contribution in [3.05, 3.63) is 59.1 Å². The lowest BCUT2D eigenvalue weighted by atomic mass is 10.2. The van der Waals surface area contributed by atoms with Crippen LogP contribution >= 0.6 is 11.6 Å². The standard InChI is InChI=1S/C18H21ClN2O3S/c1-24-16-8-6-15(7-9-16)14-20-10-12-21(13-11-20)25(22,23)18-5-3-2-4-17(18)19/h2-9H,10-14H2,1H3. The van der Waals surface area contributed by atoms with Gasteiger partial charge in [0.2, 0.25) is 10.0 Å². The van der Waals surface area contributed by atoms with E-state index >= 15 is 0 Å². The molecule has 25 heavy (non-hydrogen) atoms. The molecule has 0 radical (unpaired) electrons. The van der Waals surface area contributed by atoms with Crippen LogP contribution in [0.5, 0.6) is 5.75 Å². The number of hydrogen-bond acceptors (Lipinski definition) is 4. The molecule has 1 fully saturated rings. The Bertz CT molecular complexity index is 816. The van der Waals surface area contributed by atoms with Gasteiger partial charge in [0.25, 0.3) is 0 Å². The molecule has 0 atom stereocenters. The average Bonchev–Trinajstić information content (AvgIpc) is 2.63. The number of nitrogens with zero attached hydrogens (tertiary/aromatic N) is 2. The van der Waals surface area contributed by atoms with E-state index in [4.69, 9.17) is 16.3 Å². The van der Waals surface area contributed by atoms with Gasteiger partial charge in [0, 0.05) is 32.7 Å². The number of halogens is 1. The summed E-state index contributed by atoms with van der Waals surface area (Å²) in [6.07, 6.45) is 0. The molecule has 0 bridgehead atoms. The summed E-state index contributed by atoms with van der Waals surface area (Å²) in [5, 5.41) is 0.267. The highest BCUT2D eigenvalue weighted by atomic mass is 35.5. The SMILES string of the molecule is COc1ccc(CN2CCN(S(=O)(=O)c3ccccc3Cl)CC2)cc1. The Morgan fingerprint density at radius 2 is 1.64 bits per heavy atom. The fourth-order valence-corrected chi connectivity index (χ4v) is 4.83. The Kier molecular flexibility index (Phi) is 5.64. The van der Waals surface area contributed by atoms with Gasteiger partial charge in [0.15, 0.2) is 0 Å². The van der Waals surface area contributed by atoms with Crippen LogP contribution in [0.25, 0.3) is 0 Å². The van der Waals surface area contributed by atoms with Gasteiger partial charge in [-0.2, -0.15) is 4.31 Å². The lowest BCUT2D eigenvalue weighted by Crippen LogP contribution is -2.48. The molecule has 7 heteroatoms. The molecule has 2 aromatic rings. The lowest BCUT2D eigenvalue weighted by Gasteiger charge is -2.34. The second-order valence-electron chi connectivity index (χ2n) is 5.96. The van der Waals surface area contributed by atoms with Crippen molar-refractivity contribution >= 4 is 21.6 Å². The molecule has 1 heterocycles. The van der Waals surface area contributed by atoms with E-state index in [1.807, 2.05) is 24.3 Å². The Labute approximate surface area is 153 Å². The molecule has 1 aliphatic heterocycles. The Morgan fingerprint density at radius 3 is 2.24 bits per heavy atom. The van der Waals surface area contributed by atoms with Gasteiger partial charge < -0.3 is 4.74 Å². The summed E-state index contributed by atoms with van der Waals surface area (Å²) in [6, 6.07) is 14.5. The minimum Gasteiger partial charge on any atom is -0.497 e. The Balaban J connectivity index is 1.62. The van der Waals surface area contributed by atoms with E-state index in [1.165, 1.54) is 9.87 Å². The summed E-state index contributed by atoms with van der Waals surface area (Å²) in [7, 11) is -1.89. The fraction of sp³-hybridized carbons (Fsp3) is 0.333. The lowest BCUT2D eigenvalue weighted by molar-refractivity contribution is 0.181. The summed E-state index contributed by atoms with van der Waals surface area (Å²) >= 11 is 6.06. The summed E-state index contributed by atoms with van der Waals surface area (Å²) in [5.74, 6) is 0.833. The van der Waals surface area contributed by atoms with E-state index in [1.54, 1.807) is 31.4 Å². The topological polar surface area (TPSA) is 49.9 Å². The van der Waals surface area contributed by atoms with Crippen molar-refractivity contribution in [2.45, 2.75) is 11.4 Å². The molecule has 1 aliphatic rings. The highest BCUT2D eigenvalue weighted by molar-refractivity contribution is 7.89. The molecule has 1 saturated heterocycles. The molecule has 3 rings (SSSR count). The quantitative estimate of drug-likeness (QED) is 0.800. The molecule has 0 saturated carbocycles. The third-order valence-electron chi connectivity index (χ3n) is 4.35. The van der Waals surface area contributed by atoms with Crippen LogP contribution in [0.15, 0.2) is 53.4 Å². The molecule has 5 nitrogen and oxygen atoms in total. The van der Waals surface area contributed by atoms with Gasteiger partial charge in [-0.1, -0.05) is 35.9 Å². The number of sulfonamides is 1. The van der Waals surface area contributed by atoms with Crippen molar-refractivity contribution in [1.82, 2.24) is 9.21 Å². The predicted octanol–water partition coefficient (Wildman–Crippen LogP) is 2.86. The molecule has 134 valence electrons. The van der Waals surface area contributed by atoms with Gasteiger partial charge in [0.1, 0.15) is 10.6 Å². The van der Waals surface area contributed by atoms with Gasteiger partial charge in [-0.15, -0.1) is 0 Å². The second kappa shape index (κ2) is 7.74. The van der Waals surface area contributed by atoms with E-state index in [0.717, 1.165) is 12.3 Å². The minimum absolute atomic E-state index is 0.181. The van der Waals surface area contributed by atoms with Crippen LogP contribution in [-0.2, 0) is 16.6 Å². The van der Waals surface area contributed by atoms with Crippen LogP contribution in [-0.4, -0.2) is 50.9 Å². The van der Waals surface area contributed by atoms with E-state index in [0.29, 0.717) is 26.2 Å². The molecule has 0 N–H and O–H groups in total. The third kappa shape index (κ3) is 4.15. The van der Waals surface area contributed by atoms with Crippen molar-refractivity contribution in [2.24, 2.45) is 0 Å². The first-order valence-corrected chi connectivity index (χ1v) is 9.92. The monoisotopic (exact) mass is 380 g/mol. The van der Waals surface area contributed by atoms with Crippen LogP contribution in [0.4, 0.5) is 0 Å². The van der Waals surface area contributed by atoms with Crippen LogP contribution in [0.3, 0.4) is 0 Å². The van der Waals surface area contributed by atoms with Crippen LogP contribution in [0.2, 0.25) is 5.02 Å². The number of methoxy groups -OCH3 is 1. The predicted molar refractivity (Wildman–Crippen MR) is 98.5 cm³/mol. The summed E-state index contributed by atoms with van der Waals surface area (Å²) in [6.45, 7) is 3.10. The van der Waals surface area contributed by atoms with Crippen molar-refractivity contribution in [1.29, 1.82) is 0 Å². The van der Waals surface area contributed by atoms with Crippen molar-refractivity contribution in [3.8, 4) is 5.75 Å². The summed E-state index contributed by atoms with van der Waals surface area (Å²) in [5.41, 5.74) is 1.18. The van der Waals surface area contributed by atoms with Crippen LogP contribution in [0, 0.1) is 0 Å². The van der Waals surface area contributed by atoms with E-state index in [9.17, 15) is 8.42 Å². The Hall–Kier alpha value is -1.60. The maximum absolute atomic E-state index is 12.8. The molecule has 0 amide bonds. The molecular weight excluding hydrogens is 360 g/mol. The van der Waals surface area contributed by atoms with Gasteiger partial charge in [0.05, 0.1) is 12.1 Å². The largest absolute Gasteiger partial charge is 0.497 e. The highest BCUT2D eigenvalue weighted by Crippen LogP contribution is 2.25. The normalized spacial score (nSPS) is 16.7. The van der Waals surface area contributed by atoms with Gasteiger partial charge in [-0.3, -0.25) is 4.90 Å². The zero-order valence-electron chi connectivity index (χ0n) is 14.1. The molecular formula is C18H21ClN2O3S. The first-order valence-electron chi connectivity index (χ1n) is 8.10. The van der Waals surface area contributed by atoms with Gasteiger partial charge in [-0.05, 0) is 29.8 Å². The zero-order valence-corrected chi connectivity index (χ0v) is 15.6. The second-order valence-corrected chi connectivity index (χ2v) is 8.27. The molecule has 0 spiro atoms.